The second-order valence-electron chi connectivity index (χ2n) is 5.61. The van der Waals surface area contributed by atoms with Gasteiger partial charge >= 0.3 is 0 Å². The van der Waals surface area contributed by atoms with Crippen molar-refractivity contribution in [2.24, 2.45) is 5.92 Å². The Morgan fingerprint density at radius 1 is 1.38 bits per heavy atom. The van der Waals surface area contributed by atoms with Crippen LogP contribution in [0.1, 0.15) is 26.3 Å². The predicted octanol–water partition coefficient (Wildman–Crippen LogP) is 2.35. The molecule has 2 unspecified atom stereocenters. The standard InChI is InChI=1S/C15H18ClFN2O2/c1-8(2)13-15(21)19(9(3)14(20)18-13)7-10-4-5-11(17)6-12(10)16/h4-6,8-9,13H,7H2,1-3H3,(H,18,20). The second-order valence-corrected chi connectivity index (χ2v) is 6.02. The van der Waals surface area contributed by atoms with Crippen LogP contribution in [0.3, 0.4) is 0 Å². The van der Waals surface area contributed by atoms with Crippen LogP contribution in [-0.4, -0.2) is 28.8 Å². The van der Waals surface area contributed by atoms with Crippen molar-refractivity contribution in [3.05, 3.63) is 34.6 Å². The molecule has 0 radical (unpaired) electrons. The van der Waals surface area contributed by atoms with E-state index in [1.165, 1.54) is 23.1 Å². The van der Waals surface area contributed by atoms with E-state index in [1.807, 2.05) is 13.8 Å². The molecule has 21 heavy (non-hydrogen) atoms. The molecule has 0 bridgehead atoms. The molecule has 1 aliphatic heterocycles. The summed E-state index contributed by atoms with van der Waals surface area (Å²) in [6, 6.07) is 2.92. The average molecular weight is 313 g/mol. The minimum atomic E-state index is -0.575. The number of carbonyl (C=O) groups is 2. The Morgan fingerprint density at radius 2 is 2.05 bits per heavy atom. The van der Waals surface area contributed by atoms with Gasteiger partial charge in [0.25, 0.3) is 0 Å². The summed E-state index contributed by atoms with van der Waals surface area (Å²) in [6.45, 7) is 5.61. The largest absolute Gasteiger partial charge is 0.342 e. The third kappa shape index (κ3) is 3.18. The molecule has 0 spiro atoms. The third-order valence-corrected chi connectivity index (χ3v) is 4.07. The molecule has 0 aliphatic carbocycles. The van der Waals surface area contributed by atoms with Gasteiger partial charge in [-0.05, 0) is 30.5 Å². The van der Waals surface area contributed by atoms with Crippen LogP contribution in [0.5, 0.6) is 0 Å². The van der Waals surface area contributed by atoms with Crippen LogP contribution in [0.2, 0.25) is 5.02 Å². The maximum absolute atomic E-state index is 13.1. The highest BCUT2D eigenvalue weighted by atomic mass is 35.5. The lowest BCUT2D eigenvalue weighted by Crippen LogP contribution is -2.63. The highest BCUT2D eigenvalue weighted by Crippen LogP contribution is 2.23. The molecule has 2 rings (SSSR count). The van der Waals surface area contributed by atoms with E-state index in [2.05, 4.69) is 5.32 Å². The van der Waals surface area contributed by atoms with Crippen LogP contribution in [0.15, 0.2) is 18.2 Å². The smallest absolute Gasteiger partial charge is 0.246 e. The van der Waals surface area contributed by atoms with E-state index < -0.39 is 17.9 Å². The predicted molar refractivity (Wildman–Crippen MR) is 78.2 cm³/mol. The first-order chi connectivity index (χ1) is 9.81. The van der Waals surface area contributed by atoms with Gasteiger partial charge in [-0.1, -0.05) is 31.5 Å². The summed E-state index contributed by atoms with van der Waals surface area (Å²) in [6.07, 6.45) is 0. The van der Waals surface area contributed by atoms with E-state index in [-0.39, 0.29) is 29.3 Å². The molecule has 1 aromatic carbocycles. The number of nitrogens with zero attached hydrogens (tertiary/aromatic N) is 1. The zero-order valence-electron chi connectivity index (χ0n) is 12.2. The number of halogens is 2. The van der Waals surface area contributed by atoms with Gasteiger partial charge in [0.05, 0.1) is 0 Å². The van der Waals surface area contributed by atoms with E-state index in [4.69, 9.17) is 11.6 Å². The maximum Gasteiger partial charge on any atom is 0.246 e. The zero-order valence-corrected chi connectivity index (χ0v) is 12.9. The van der Waals surface area contributed by atoms with Gasteiger partial charge in [0.15, 0.2) is 0 Å². The van der Waals surface area contributed by atoms with E-state index in [0.29, 0.717) is 5.56 Å². The van der Waals surface area contributed by atoms with Gasteiger partial charge in [0.2, 0.25) is 11.8 Å². The third-order valence-electron chi connectivity index (χ3n) is 3.72. The zero-order chi connectivity index (χ0) is 15.7. The Kier molecular flexibility index (Phi) is 4.52. The van der Waals surface area contributed by atoms with Crippen LogP contribution >= 0.6 is 11.6 Å². The Balaban J connectivity index is 2.27. The van der Waals surface area contributed by atoms with Crippen molar-refractivity contribution in [1.29, 1.82) is 0 Å². The fourth-order valence-electron chi connectivity index (χ4n) is 2.35. The van der Waals surface area contributed by atoms with E-state index in [1.54, 1.807) is 6.92 Å². The second kappa shape index (κ2) is 6.02. The lowest BCUT2D eigenvalue weighted by Gasteiger charge is -2.39. The Morgan fingerprint density at radius 3 is 2.62 bits per heavy atom. The maximum atomic E-state index is 13.1. The van der Waals surface area contributed by atoms with Gasteiger partial charge in [0.1, 0.15) is 17.9 Å². The van der Waals surface area contributed by atoms with Crippen molar-refractivity contribution in [3.63, 3.8) is 0 Å². The summed E-state index contributed by atoms with van der Waals surface area (Å²) in [5.74, 6) is -0.760. The van der Waals surface area contributed by atoms with E-state index in [0.717, 1.165) is 0 Å². The first-order valence-corrected chi connectivity index (χ1v) is 7.24. The molecule has 4 nitrogen and oxygen atoms in total. The Bertz CT molecular complexity index is 577. The molecule has 2 atom stereocenters. The van der Waals surface area contributed by atoms with Crippen LogP contribution in [0.25, 0.3) is 0 Å². The molecule has 1 N–H and O–H groups in total. The SMILES string of the molecule is CC(C)C1NC(=O)C(C)N(Cc2ccc(F)cc2Cl)C1=O. The van der Waals surface area contributed by atoms with Crippen LogP contribution < -0.4 is 5.32 Å². The molecule has 6 heteroatoms. The molecule has 0 saturated carbocycles. The topological polar surface area (TPSA) is 49.4 Å². The Labute approximate surface area is 128 Å². The number of benzene rings is 1. The van der Waals surface area contributed by atoms with Crippen molar-refractivity contribution in [3.8, 4) is 0 Å². The molecule has 2 amide bonds. The van der Waals surface area contributed by atoms with Crippen molar-refractivity contribution < 1.29 is 14.0 Å². The van der Waals surface area contributed by atoms with Gasteiger partial charge in [-0.2, -0.15) is 0 Å². The summed E-state index contributed by atoms with van der Waals surface area (Å²) >= 11 is 6.00. The number of piperazine rings is 1. The summed E-state index contributed by atoms with van der Waals surface area (Å²) in [5, 5.41) is 2.98. The number of nitrogens with one attached hydrogen (secondary N) is 1. The Hall–Kier alpha value is -1.62. The lowest BCUT2D eigenvalue weighted by molar-refractivity contribution is -0.150. The van der Waals surface area contributed by atoms with Crippen molar-refractivity contribution in [2.45, 2.75) is 39.4 Å². The molecule has 1 aliphatic rings. The fourth-order valence-corrected chi connectivity index (χ4v) is 2.57. The first kappa shape index (κ1) is 15.8. The van der Waals surface area contributed by atoms with Crippen LogP contribution in [0.4, 0.5) is 4.39 Å². The minimum absolute atomic E-state index is 0.000129. The molecule has 1 saturated heterocycles. The quantitative estimate of drug-likeness (QED) is 0.931. The van der Waals surface area contributed by atoms with Crippen LogP contribution in [-0.2, 0) is 16.1 Å². The highest BCUT2D eigenvalue weighted by Gasteiger charge is 2.39. The van der Waals surface area contributed by atoms with Gasteiger partial charge in [-0.15, -0.1) is 0 Å². The molecule has 114 valence electrons. The average Bonchev–Trinajstić information content (AvgIpc) is 2.40. The summed E-state index contributed by atoms with van der Waals surface area (Å²) in [4.78, 5) is 26.0. The summed E-state index contributed by atoms with van der Waals surface area (Å²) in [7, 11) is 0. The number of hydrogen-bond acceptors (Lipinski definition) is 2. The van der Waals surface area contributed by atoms with E-state index >= 15 is 0 Å². The van der Waals surface area contributed by atoms with Gasteiger partial charge in [0, 0.05) is 11.6 Å². The fraction of sp³-hybridized carbons (Fsp3) is 0.467. The molecule has 1 fully saturated rings. The van der Waals surface area contributed by atoms with Crippen LogP contribution in [0, 0.1) is 11.7 Å². The van der Waals surface area contributed by atoms with Crippen molar-refractivity contribution in [2.75, 3.05) is 0 Å². The monoisotopic (exact) mass is 312 g/mol. The highest BCUT2D eigenvalue weighted by molar-refractivity contribution is 6.31. The van der Waals surface area contributed by atoms with Gasteiger partial charge in [-0.25, -0.2) is 4.39 Å². The van der Waals surface area contributed by atoms with Gasteiger partial charge < -0.3 is 10.2 Å². The summed E-state index contributed by atoms with van der Waals surface area (Å²) in [5.41, 5.74) is 0.621. The normalized spacial score (nSPS) is 22.7. The number of amides is 2. The molecule has 1 heterocycles. The van der Waals surface area contributed by atoms with Gasteiger partial charge in [-0.3, -0.25) is 9.59 Å². The number of hydrogen-bond donors (Lipinski definition) is 1. The van der Waals surface area contributed by atoms with Crippen molar-refractivity contribution >= 4 is 23.4 Å². The minimum Gasteiger partial charge on any atom is -0.342 e. The number of carbonyl (C=O) groups excluding carboxylic acids is 2. The molecule has 0 aromatic heterocycles. The van der Waals surface area contributed by atoms with E-state index in [9.17, 15) is 14.0 Å². The summed E-state index contributed by atoms with van der Waals surface area (Å²) < 4.78 is 13.1. The lowest BCUT2D eigenvalue weighted by atomic mass is 9.98. The number of rotatable bonds is 3. The van der Waals surface area contributed by atoms with Crippen molar-refractivity contribution in [1.82, 2.24) is 10.2 Å². The molecule has 1 aromatic rings. The molecular formula is C15H18ClFN2O2. The first-order valence-electron chi connectivity index (χ1n) is 6.86. The molecular weight excluding hydrogens is 295 g/mol.